The van der Waals surface area contributed by atoms with Crippen LogP contribution in [0.2, 0.25) is 0 Å². The Bertz CT molecular complexity index is 282. The molecule has 1 aliphatic rings. The van der Waals surface area contributed by atoms with Crippen molar-refractivity contribution in [1.29, 1.82) is 0 Å². The van der Waals surface area contributed by atoms with Crippen molar-refractivity contribution in [3.63, 3.8) is 0 Å². The molecule has 1 aliphatic heterocycles. The summed E-state index contributed by atoms with van der Waals surface area (Å²) in [6, 6.07) is -0.0474. The molecule has 0 aromatic carbocycles. The predicted octanol–water partition coefficient (Wildman–Crippen LogP) is 2.85. The summed E-state index contributed by atoms with van der Waals surface area (Å²) in [6.07, 6.45) is 4.74. The van der Waals surface area contributed by atoms with Crippen LogP contribution in [-0.2, 0) is 4.79 Å². The van der Waals surface area contributed by atoms with E-state index < -0.39 is 5.67 Å². The second-order valence-corrected chi connectivity index (χ2v) is 6.43. The van der Waals surface area contributed by atoms with Crippen molar-refractivity contribution in [1.82, 2.24) is 9.80 Å². The SMILES string of the molecule is CC(CC(C)(C)F)N(C)C(=O)CCN1CCCCC1. The summed E-state index contributed by atoms with van der Waals surface area (Å²) in [7, 11) is 1.79. The third-order valence-electron chi connectivity index (χ3n) is 3.93. The first-order valence-electron chi connectivity index (χ1n) is 7.46. The number of rotatable bonds is 6. The molecule has 1 rings (SSSR count). The maximum atomic E-state index is 13.6. The number of nitrogens with zero attached hydrogens (tertiary/aromatic N) is 2. The van der Waals surface area contributed by atoms with Crippen LogP contribution in [0.4, 0.5) is 4.39 Å². The van der Waals surface area contributed by atoms with Gasteiger partial charge in [0.15, 0.2) is 0 Å². The van der Waals surface area contributed by atoms with E-state index in [0.717, 1.165) is 19.6 Å². The fourth-order valence-corrected chi connectivity index (χ4v) is 2.70. The van der Waals surface area contributed by atoms with Crippen molar-refractivity contribution in [2.24, 2.45) is 0 Å². The largest absolute Gasteiger partial charge is 0.343 e. The van der Waals surface area contributed by atoms with E-state index in [0.29, 0.717) is 12.8 Å². The summed E-state index contributed by atoms with van der Waals surface area (Å²) >= 11 is 0. The van der Waals surface area contributed by atoms with E-state index in [1.54, 1.807) is 25.8 Å². The van der Waals surface area contributed by atoms with Crippen LogP contribution in [0.1, 0.15) is 52.9 Å². The Labute approximate surface area is 117 Å². The first-order chi connectivity index (χ1) is 8.79. The van der Waals surface area contributed by atoms with E-state index in [1.807, 2.05) is 6.92 Å². The molecule has 0 bridgehead atoms. The minimum Gasteiger partial charge on any atom is -0.343 e. The van der Waals surface area contributed by atoms with Crippen molar-refractivity contribution in [3.8, 4) is 0 Å². The quantitative estimate of drug-likeness (QED) is 0.742. The molecule has 0 aromatic rings. The zero-order valence-electron chi connectivity index (χ0n) is 12.9. The van der Waals surface area contributed by atoms with E-state index >= 15 is 0 Å². The normalized spacial score (nSPS) is 19.2. The zero-order valence-corrected chi connectivity index (χ0v) is 12.9. The number of amides is 1. The average molecular weight is 272 g/mol. The van der Waals surface area contributed by atoms with Crippen LogP contribution in [0.15, 0.2) is 0 Å². The lowest BCUT2D eigenvalue weighted by Gasteiger charge is -2.30. The standard InChI is InChI=1S/C15H29FN2O/c1-13(12-15(2,3)16)17(4)14(19)8-11-18-9-6-5-7-10-18/h13H,5-12H2,1-4H3. The number of halogens is 1. The molecule has 1 atom stereocenters. The molecule has 19 heavy (non-hydrogen) atoms. The minimum absolute atomic E-state index is 0.0474. The average Bonchev–Trinajstić information content (AvgIpc) is 2.34. The molecular weight excluding hydrogens is 243 g/mol. The van der Waals surface area contributed by atoms with Gasteiger partial charge in [0, 0.05) is 32.5 Å². The van der Waals surface area contributed by atoms with Crippen molar-refractivity contribution in [2.75, 3.05) is 26.7 Å². The number of likely N-dealkylation sites (tertiary alicyclic amines) is 1. The number of alkyl halides is 1. The third kappa shape index (κ3) is 6.37. The van der Waals surface area contributed by atoms with Crippen LogP contribution >= 0.6 is 0 Å². The maximum absolute atomic E-state index is 13.6. The van der Waals surface area contributed by atoms with Gasteiger partial charge in [0.2, 0.25) is 5.91 Å². The number of hydrogen-bond acceptors (Lipinski definition) is 2. The van der Waals surface area contributed by atoms with Gasteiger partial charge in [-0.05, 0) is 46.7 Å². The molecule has 0 spiro atoms. The predicted molar refractivity (Wildman–Crippen MR) is 76.9 cm³/mol. The molecule has 1 amide bonds. The molecule has 1 saturated heterocycles. The van der Waals surface area contributed by atoms with Gasteiger partial charge >= 0.3 is 0 Å². The Hall–Kier alpha value is -0.640. The highest BCUT2D eigenvalue weighted by molar-refractivity contribution is 5.76. The van der Waals surface area contributed by atoms with Crippen molar-refractivity contribution < 1.29 is 9.18 Å². The molecule has 4 heteroatoms. The van der Waals surface area contributed by atoms with Gasteiger partial charge in [-0.2, -0.15) is 0 Å². The van der Waals surface area contributed by atoms with Crippen LogP contribution in [-0.4, -0.2) is 54.1 Å². The molecule has 3 nitrogen and oxygen atoms in total. The highest BCUT2D eigenvalue weighted by Crippen LogP contribution is 2.19. The molecule has 1 fully saturated rings. The molecule has 1 heterocycles. The molecule has 0 saturated carbocycles. The van der Waals surface area contributed by atoms with Gasteiger partial charge in [0.05, 0.1) is 0 Å². The van der Waals surface area contributed by atoms with Gasteiger partial charge in [-0.3, -0.25) is 4.79 Å². The van der Waals surface area contributed by atoms with Gasteiger partial charge in [-0.15, -0.1) is 0 Å². The Morgan fingerprint density at radius 2 is 1.89 bits per heavy atom. The highest BCUT2D eigenvalue weighted by atomic mass is 19.1. The Balaban J connectivity index is 2.31. The Kier molecular flexibility index (Phi) is 6.24. The lowest BCUT2D eigenvalue weighted by Crippen LogP contribution is -2.40. The molecule has 0 aromatic heterocycles. The second kappa shape index (κ2) is 7.22. The molecular formula is C15H29FN2O. The summed E-state index contributed by atoms with van der Waals surface area (Å²) in [4.78, 5) is 16.1. The van der Waals surface area contributed by atoms with Gasteiger partial charge in [0.1, 0.15) is 5.67 Å². The summed E-state index contributed by atoms with van der Waals surface area (Å²) < 4.78 is 13.6. The summed E-state index contributed by atoms with van der Waals surface area (Å²) in [5.74, 6) is 0.127. The third-order valence-corrected chi connectivity index (χ3v) is 3.93. The monoisotopic (exact) mass is 272 g/mol. The van der Waals surface area contributed by atoms with E-state index in [2.05, 4.69) is 4.90 Å². The molecule has 1 unspecified atom stereocenters. The number of hydrogen-bond donors (Lipinski definition) is 0. The van der Waals surface area contributed by atoms with E-state index in [1.165, 1.54) is 19.3 Å². The van der Waals surface area contributed by atoms with Crippen LogP contribution in [0, 0.1) is 0 Å². The summed E-state index contributed by atoms with van der Waals surface area (Å²) in [6.45, 7) is 8.12. The van der Waals surface area contributed by atoms with Gasteiger partial charge in [0.25, 0.3) is 0 Å². The van der Waals surface area contributed by atoms with Crippen LogP contribution < -0.4 is 0 Å². The number of carbonyl (C=O) groups excluding carboxylic acids is 1. The fraction of sp³-hybridized carbons (Fsp3) is 0.933. The van der Waals surface area contributed by atoms with Crippen LogP contribution in [0.5, 0.6) is 0 Å². The first-order valence-corrected chi connectivity index (χ1v) is 7.46. The van der Waals surface area contributed by atoms with Crippen molar-refractivity contribution in [3.05, 3.63) is 0 Å². The van der Waals surface area contributed by atoms with E-state index in [-0.39, 0.29) is 11.9 Å². The lowest BCUT2D eigenvalue weighted by atomic mass is 10.0. The maximum Gasteiger partial charge on any atom is 0.223 e. The van der Waals surface area contributed by atoms with Crippen LogP contribution in [0.3, 0.4) is 0 Å². The van der Waals surface area contributed by atoms with Gasteiger partial charge in [-0.1, -0.05) is 6.42 Å². The van der Waals surface area contributed by atoms with E-state index in [9.17, 15) is 9.18 Å². The van der Waals surface area contributed by atoms with Gasteiger partial charge in [-0.25, -0.2) is 4.39 Å². The van der Waals surface area contributed by atoms with Crippen LogP contribution in [0.25, 0.3) is 0 Å². The van der Waals surface area contributed by atoms with Gasteiger partial charge < -0.3 is 9.80 Å². The number of piperidine rings is 1. The Morgan fingerprint density at radius 1 is 1.32 bits per heavy atom. The van der Waals surface area contributed by atoms with Crippen molar-refractivity contribution in [2.45, 2.75) is 64.6 Å². The summed E-state index contributed by atoms with van der Waals surface area (Å²) in [5.41, 5.74) is -1.22. The second-order valence-electron chi connectivity index (χ2n) is 6.43. The summed E-state index contributed by atoms with van der Waals surface area (Å²) in [5, 5.41) is 0. The lowest BCUT2D eigenvalue weighted by molar-refractivity contribution is -0.132. The minimum atomic E-state index is -1.22. The van der Waals surface area contributed by atoms with Crippen molar-refractivity contribution >= 4 is 5.91 Å². The highest BCUT2D eigenvalue weighted by Gasteiger charge is 2.24. The molecule has 112 valence electrons. The smallest absolute Gasteiger partial charge is 0.223 e. The van der Waals surface area contributed by atoms with E-state index in [4.69, 9.17) is 0 Å². The number of carbonyl (C=O) groups is 1. The Morgan fingerprint density at radius 3 is 2.42 bits per heavy atom. The first kappa shape index (κ1) is 16.4. The topological polar surface area (TPSA) is 23.6 Å². The molecule has 0 N–H and O–H groups in total. The molecule has 0 radical (unpaired) electrons. The fourth-order valence-electron chi connectivity index (χ4n) is 2.70. The zero-order chi connectivity index (χ0) is 14.5. The molecule has 0 aliphatic carbocycles.